The molecule has 1 heterocycles. The molecule has 0 aliphatic carbocycles. The van der Waals surface area contributed by atoms with E-state index in [4.69, 9.17) is 4.74 Å². The third-order valence-electron chi connectivity index (χ3n) is 4.19. The largest absolute Gasteiger partial charge is 0.492 e. The van der Waals surface area contributed by atoms with Crippen molar-refractivity contribution in [3.63, 3.8) is 0 Å². The quantitative estimate of drug-likeness (QED) is 0.922. The number of fused-ring (bicyclic) bond motifs is 1. The molecule has 4 nitrogen and oxygen atoms in total. The minimum Gasteiger partial charge on any atom is -0.492 e. The number of nitrogens with one attached hydrogen (secondary N) is 1. The molecule has 1 aliphatic rings. The van der Waals surface area contributed by atoms with Crippen LogP contribution < -0.4 is 15.0 Å². The molecule has 0 aromatic heterocycles. The molecule has 2 aromatic rings. The summed E-state index contributed by atoms with van der Waals surface area (Å²) in [5, 5.41) is 3.02. The van der Waals surface area contributed by atoms with Gasteiger partial charge in [0, 0.05) is 25.8 Å². The first-order valence-electron chi connectivity index (χ1n) is 7.98. The summed E-state index contributed by atoms with van der Waals surface area (Å²) in [4.78, 5) is 14.4. The fraction of sp³-hybridized carbons (Fsp3) is 0.316. The third-order valence-corrected chi connectivity index (χ3v) is 4.19. The molecule has 1 N–H and O–H groups in total. The van der Waals surface area contributed by atoms with Crippen molar-refractivity contribution in [2.45, 2.75) is 6.42 Å². The molecule has 3 rings (SSSR count). The van der Waals surface area contributed by atoms with Gasteiger partial charge in [0.2, 0.25) is 5.91 Å². The molecule has 0 saturated carbocycles. The Labute approximate surface area is 137 Å². The number of ether oxygens (including phenoxy) is 1. The molecule has 0 fully saturated rings. The van der Waals surface area contributed by atoms with E-state index < -0.39 is 0 Å². The fourth-order valence-electron chi connectivity index (χ4n) is 2.80. The van der Waals surface area contributed by atoms with E-state index in [0.29, 0.717) is 13.2 Å². The number of benzene rings is 2. The van der Waals surface area contributed by atoms with E-state index in [2.05, 4.69) is 22.3 Å². The summed E-state index contributed by atoms with van der Waals surface area (Å²) in [7, 11) is 2.03. The fourth-order valence-corrected chi connectivity index (χ4v) is 2.80. The van der Waals surface area contributed by atoms with Gasteiger partial charge >= 0.3 is 0 Å². The minimum atomic E-state index is -0.105. The zero-order valence-electron chi connectivity index (χ0n) is 13.4. The Kier molecular flexibility index (Phi) is 4.81. The summed E-state index contributed by atoms with van der Waals surface area (Å²) in [6.07, 6.45) is 0.747. The van der Waals surface area contributed by atoms with Crippen molar-refractivity contribution in [1.29, 1.82) is 0 Å². The van der Waals surface area contributed by atoms with Crippen LogP contribution >= 0.6 is 0 Å². The molecule has 0 bridgehead atoms. The molecule has 2 aromatic carbocycles. The van der Waals surface area contributed by atoms with Crippen LogP contribution in [0.15, 0.2) is 54.6 Å². The standard InChI is InChI=1S/C19H22N2O2/c1-21(17-8-3-2-4-9-17)12-11-20-19(22)16-13-15-7-5-6-10-18(15)23-14-16/h2-10,16H,11-14H2,1H3,(H,20,22). The van der Waals surface area contributed by atoms with E-state index in [0.717, 1.165) is 30.0 Å². The van der Waals surface area contributed by atoms with Crippen molar-refractivity contribution in [1.82, 2.24) is 5.32 Å². The van der Waals surface area contributed by atoms with E-state index >= 15 is 0 Å². The van der Waals surface area contributed by atoms with Crippen LogP contribution in [0.2, 0.25) is 0 Å². The molecule has 1 unspecified atom stereocenters. The maximum absolute atomic E-state index is 12.3. The molecule has 0 radical (unpaired) electrons. The molecule has 1 amide bonds. The zero-order valence-corrected chi connectivity index (χ0v) is 13.4. The van der Waals surface area contributed by atoms with Gasteiger partial charge in [-0.1, -0.05) is 36.4 Å². The predicted octanol–water partition coefficient (Wildman–Crippen LogP) is 2.49. The first-order chi connectivity index (χ1) is 11.2. The highest BCUT2D eigenvalue weighted by Crippen LogP contribution is 2.26. The maximum Gasteiger partial charge on any atom is 0.226 e. The molecular weight excluding hydrogens is 288 g/mol. The van der Waals surface area contributed by atoms with Crippen LogP contribution in [-0.2, 0) is 11.2 Å². The Bertz CT molecular complexity index is 657. The number of likely N-dealkylation sites (N-methyl/N-ethyl adjacent to an activating group) is 1. The van der Waals surface area contributed by atoms with Crippen molar-refractivity contribution >= 4 is 11.6 Å². The Hall–Kier alpha value is -2.49. The van der Waals surface area contributed by atoms with E-state index in [9.17, 15) is 4.79 Å². The van der Waals surface area contributed by atoms with Gasteiger partial charge in [0.05, 0.1) is 5.92 Å². The van der Waals surface area contributed by atoms with E-state index in [-0.39, 0.29) is 11.8 Å². The van der Waals surface area contributed by atoms with Gasteiger partial charge in [-0.25, -0.2) is 0 Å². The zero-order chi connectivity index (χ0) is 16.1. The van der Waals surface area contributed by atoms with Crippen LogP contribution in [-0.4, -0.2) is 32.7 Å². The third kappa shape index (κ3) is 3.83. The monoisotopic (exact) mass is 310 g/mol. The summed E-state index contributed by atoms with van der Waals surface area (Å²) < 4.78 is 5.68. The Morgan fingerprint density at radius 3 is 2.74 bits per heavy atom. The highest BCUT2D eigenvalue weighted by atomic mass is 16.5. The molecule has 4 heteroatoms. The van der Waals surface area contributed by atoms with E-state index in [1.165, 1.54) is 0 Å². The average Bonchev–Trinajstić information content (AvgIpc) is 2.61. The molecular formula is C19H22N2O2. The molecule has 120 valence electrons. The lowest BCUT2D eigenvalue weighted by Crippen LogP contribution is -2.40. The number of amides is 1. The van der Waals surface area contributed by atoms with Crippen LogP contribution in [0, 0.1) is 5.92 Å². The average molecular weight is 310 g/mol. The van der Waals surface area contributed by atoms with Crippen LogP contribution in [0.25, 0.3) is 0 Å². The Morgan fingerprint density at radius 2 is 1.91 bits per heavy atom. The summed E-state index contributed by atoms with van der Waals surface area (Å²) in [5.41, 5.74) is 2.26. The second-order valence-corrected chi connectivity index (χ2v) is 5.87. The van der Waals surface area contributed by atoms with Crippen molar-refractivity contribution in [3.8, 4) is 5.75 Å². The lowest BCUT2D eigenvalue weighted by atomic mass is 9.96. The highest BCUT2D eigenvalue weighted by molar-refractivity contribution is 5.79. The number of carbonyl (C=O) groups is 1. The van der Waals surface area contributed by atoms with Gasteiger partial charge in [-0.05, 0) is 30.2 Å². The molecule has 1 aliphatic heterocycles. The lowest BCUT2D eigenvalue weighted by molar-refractivity contribution is -0.126. The summed E-state index contributed by atoms with van der Waals surface area (Å²) in [6, 6.07) is 18.1. The minimum absolute atomic E-state index is 0.0703. The van der Waals surface area contributed by atoms with Gasteiger partial charge in [-0.3, -0.25) is 4.79 Å². The topological polar surface area (TPSA) is 41.6 Å². The number of hydrogen-bond donors (Lipinski definition) is 1. The van der Waals surface area contributed by atoms with Crippen molar-refractivity contribution in [2.24, 2.45) is 5.92 Å². The first-order valence-corrected chi connectivity index (χ1v) is 7.98. The number of rotatable bonds is 5. The predicted molar refractivity (Wildman–Crippen MR) is 91.9 cm³/mol. The summed E-state index contributed by atoms with van der Waals surface area (Å²) >= 11 is 0. The van der Waals surface area contributed by atoms with Gasteiger partial charge in [0.25, 0.3) is 0 Å². The van der Waals surface area contributed by atoms with Gasteiger partial charge in [0.15, 0.2) is 0 Å². The molecule has 23 heavy (non-hydrogen) atoms. The normalized spacial score (nSPS) is 16.1. The van der Waals surface area contributed by atoms with Gasteiger partial charge < -0.3 is 15.0 Å². The van der Waals surface area contributed by atoms with Gasteiger partial charge in [0.1, 0.15) is 12.4 Å². The smallest absolute Gasteiger partial charge is 0.226 e. The summed E-state index contributed by atoms with van der Waals surface area (Å²) in [6.45, 7) is 1.86. The summed E-state index contributed by atoms with van der Waals surface area (Å²) in [5.74, 6) is 0.869. The first kappa shape index (κ1) is 15.4. The van der Waals surface area contributed by atoms with Crippen LogP contribution in [0.5, 0.6) is 5.75 Å². The van der Waals surface area contributed by atoms with Crippen LogP contribution in [0.3, 0.4) is 0 Å². The SMILES string of the molecule is CN(CCNC(=O)C1COc2ccccc2C1)c1ccccc1. The maximum atomic E-state index is 12.3. The lowest BCUT2D eigenvalue weighted by Gasteiger charge is -2.25. The number of hydrogen-bond acceptors (Lipinski definition) is 3. The molecule has 1 atom stereocenters. The second kappa shape index (κ2) is 7.18. The number of para-hydroxylation sites is 2. The second-order valence-electron chi connectivity index (χ2n) is 5.87. The number of carbonyl (C=O) groups excluding carboxylic acids is 1. The van der Waals surface area contributed by atoms with E-state index in [1.807, 2.05) is 49.5 Å². The van der Waals surface area contributed by atoms with Crippen LogP contribution in [0.4, 0.5) is 5.69 Å². The van der Waals surface area contributed by atoms with Gasteiger partial charge in [-0.2, -0.15) is 0 Å². The van der Waals surface area contributed by atoms with Gasteiger partial charge in [-0.15, -0.1) is 0 Å². The number of anilines is 1. The highest BCUT2D eigenvalue weighted by Gasteiger charge is 2.25. The van der Waals surface area contributed by atoms with Crippen molar-refractivity contribution < 1.29 is 9.53 Å². The van der Waals surface area contributed by atoms with Crippen molar-refractivity contribution in [3.05, 3.63) is 60.2 Å². The van der Waals surface area contributed by atoms with Crippen LogP contribution in [0.1, 0.15) is 5.56 Å². The Morgan fingerprint density at radius 1 is 1.17 bits per heavy atom. The molecule has 0 saturated heterocycles. The molecule has 0 spiro atoms. The van der Waals surface area contributed by atoms with Crippen molar-refractivity contribution in [2.75, 3.05) is 31.6 Å². The Balaban J connectivity index is 1.47. The van der Waals surface area contributed by atoms with E-state index in [1.54, 1.807) is 0 Å². The number of nitrogens with zero attached hydrogens (tertiary/aromatic N) is 1.